The SMILES string of the molecule is CCCCOc1ccc(NC(=O)c2cnc(C(=O)OC)c(OC)c2)cc1. The standard InChI is InChI=1S/C19H22N2O5/c1-4-5-10-26-15-8-6-14(7-9-15)21-18(22)13-11-16(24-2)17(20-12-13)19(23)25-3/h6-9,11-12H,4-5,10H2,1-3H3,(H,21,22). The highest BCUT2D eigenvalue weighted by molar-refractivity contribution is 6.05. The zero-order valence-corrected chi connectivity index (χ0v) is 15.1. The maximum atomic E-state index is 12.4. The second-order valence-corrected chi connectivity index (χ2v) is 5.45. The number of ether oxygens (including phenoxy) is 3. The average molecular weight is 358 g/mol. The van der Waals surface area contributed by atoms with Gasteiger partial charge in [0.15, 0.2) is 11.4 Å². The number of aromatic nitrogens is 1. The van der Waals surface area contributed by atoms with Crippen LogP contribution in [0.15, 0.2) is 36.5 Å². The number of hydrogen-bond acceptors (Lipinski definition) is 6. The van der Waals surface area contributed by atoms with Crippen molar-refractivity contribution in [3.05, 3.63) is 47.8 Å². The number of carbonyl (C=O) groups is 2. The first-order chi connectivity index (χ1) is 12.6. The van der Waals surface area contributed by atoms with Gasteiger partial charge in [-0.1, -0.05) is 13.3 Å². The normalized spacial score (nSPS) is 10.1. The minimum Gasteiger partial charge on any atom is -0.494 e. The van der Waals surface area contributed by atoms with Crippen LogP contribution in [0.2, 0.25) is 0 Å². The van der Waals surface area contributed by atoms with Gasteiger partial charge in [-0.2, -0.15) is 0 Å². The molecule has 0 saturated carbocycles. The number of hydrogen-bond donors (Lipinski definition) is 1. The van der Waals surface area contributed by atoms with E-state index < -0.39 is 5.97 Å². The first kappa shape index (κ1) is 19.2. The Morgan fingerprint density at radius 2 is 1.88 bits per heavy atom. The van der Waals surface area contributed by atoms with Crippen molar-refractivity contribution in [3.63, 3.8) is 0 Å². The number of amides is 1. The van der Waals surface area contributed by atoms with Gasteiger partial charge in [0.1, 0.15) is 5.75 Å². The minimum absolute atomic E-state index is 0.0140. The Bertz CT molecular complexity index is 759. The highest BCUT2D eigenvalue weighted by atomic mass is 16.5. The summed E-state index contributed by atoms with van der Waals surface area (Å²) in [5, 5.41) is 2.76. The number of anilines is 1. The average Bonchev–Trinajstić information content (AvgIpc) is 2.68. The molecule has 1 N–H and O–H groups in total. The Morgan fingerprint density at radius 1 is 1.15 bits per heavy atom. The van der Waals surface area contributed by atoms with Gasteiger partial charge < -0.3 is 19.5 Å². The predicted octanol–water partition coefficient (Wildman–Crippen LogP) is 3.31. The highest BCUT2D eigenvalue weighted by Gasteiger charge is 2.17. The lowest BCUT2D eigenvalue weighted by Crippen LogP contribution is -2.14. The molecule has 7 heteroatoms. The van der Waals surface area contributed by atoms with E-state index in [9.17, 15) is 9.59 Å². The molecule has 1 amide bonds. The lowest BCUT2D eigenvalue weighted by atomic mass is 10.2. The molecule has 0 aliphatic heterocycles. The van der Waals surface area contributed by atoms with Crippen LogP contribution in [0.5, 0.6) is 11.5 Å². The van der Waals surface area contributed by atoms with Crippen molar-refractivity contribution in [2.45, 2.75) is 19.8 Å². The number of carbonyl (C=O) groups excluding carboxylic acids is 2. The van der Waals surface area contributed by atoms with Gasteiger partial charge in [-0.05, 0) is 36.8 Å². The fourth-order valence-electron chi connectivity index (χ4n) is 2.15. The Labute approximate surface area is 152 Å². The molecular formula is C19H22N2O5. The van der Waals surface area contributed by atoms with Crippen LogP contribution < -0.4 is 14.8 Å². The van der Waals surface area contributed by atoms with Crippen molar-refractivity contribution in [3.8, 4) is 11.5 Å². The fourth-order valence-corrected chi connectivity index (χ4v) is 2.15. The zero-order chi connectivity index (χ0) is 18.9. The number of benzene rings is 1. The molecule has 0 saturated heterocycles. The largest absolute Gasteiger partial charge is 0.494 e. The van der Waals surface area contributed by atoms with Crippen LogP contribution in [0.1, 0.15) is 40.6 Å². The van der Waals surface area contributed by atoms with Gasteiger partial charge in [-0.25, -0.2) is 9.78 Å². The molecule has 0 atom stereocenters. The minimum atomic E-state index is -0.632. The van der Waals surface area contributed by atoms with Crippen molar-refractivity contribution in [2.75, 3.05) is 26.1 Å². The van der Waals surface area contributed by atoms with Crippen LogP contribution in [0, 0.1) is 0 Å². The Balaban J connectivity index is 2.06. The lowest BCUT2D eigenvalue weighted by Gasteiger charge is -2.10. The maximum absolute atomic E-state index is 12.4. The summed E-state index contributed by atoms with van der Waals surface area (Å²) in [6.45, 7) is 2.77. The molecule has 0 spiro atoms. The predicted molar refractivity (Wildman–Crippen MR) is 96.9 cm³/mol. The summed E-state index contributed by atoms with van der Waals surface area (Å²) in [6.07, 6.45) is 3.36. The number of nitrogens with zero attached hydrogens (tertiary/aromatic N) is 1. The van der Waals surface area contributed by atoms with Crippen molar-refractivity contribution in [1.29, 1.82) is 0 Å². The third-order valence-electron chi connectivity index (χ3n) is 3.59. The summed E-state index contributed by atoms with van der Waals surface area (Å²) in [4.78, 5) is 27.9. The van der Waals surface area contributed by atoms with E-state index in [0.717, 1.165) is 18.6 Å². The Morgan fingerprint density at radius 3 is 2.50 bits per heavy atom. The number of rotatable bonds is 8. The number of methoxy groups -OCH3 is 2. The van der Waals surface area contributed by atoms with E-state index in [-0.39, 0.29) is 22.9 Å². The number of pyridine rings is 1. The first-order valence-corrected chi connectivity index (χ1v) is 8.25. The second kappa shape index (κ2) is 9.41. The molecule has 0 unspecified atom stereocenters. The number of unbranched alkanes of at least 4 members (excludes halogenated alkanes) is 1. The van der Waals surface area contributed by atoms with Crippen molar-refractivity contribution < 1.29 is 23.8 Å². The maximum Gasteiger partial charge on any atom is 0.360 e. The lowest BCUT2D eigenvalue weighted by molar-refractivity contribution is 0.0589. The van der Waals surface area contributed by atoms with E-state index in [0.29, 0.717) is 12.3 Å². The highest BCUT2D eigenvalue weighted by Crippen LogP contribution is 2.20. The van der Waals surface area contributed by atoms with E-state index in [2.05, 4.69) is 22.0 Å². The van der Waals surface area contributed by atoms with Crippen molar-refractivity contribution >= 4 is 17.6 Å². The fraction of sp³-hybridized carbons (Fsp3) is 0.316. The Kier molecular flexibility index (Phi) is 6.96. The third kappa shape index (κ3) is 4.95. The van der Waals surface area contributed by atoms with Crippen LogP contribution in [0.25, 0.3) is 0 Å². The van der Waals surface area contributed by atoms with Gasteiger partial charge in [0.25, 0.3) is 5.91 Å². The molecule has 1 aromatic carbocycles. The van der Waals surface area contributed by atoms with E-state index in [1.807, 2.05) is 0 Å². The summed E-state index contributed by atoms with van der Waals surface area (Å²) < 4.78 is 15.3. The summed E-state index contributed by atoms with van der Waals surface area (Å²) in [7, 11) is 2.64. The van der Waals surface area contributed by atoms with Crippen molar-refractivity contribution in [1.82, 2.24) is 4.98 Å². The summed E-state index contributed by atoms with van der Waals surface area (Å²) in [5.41, 5.74) is 0.895. The molecule has 0 aliphatic rings. The Hall–Kier alpha value is -3.09. The van der Waals surface area contributed by atoms with E-state index in [1.165, 1.54) is 26.5 Å². The van der Waals surface area contributed by atoms with Crippen LogP contribution >= 0.6 is 0 Å². The van der Waals surface area contributed by atoms with Crippen LogP contribution in [0.3, 0.4) is 0 Å². The molecule has 7 nitrogen and oxygen atoms in total. The third-order valence-corrected chi connectivity index (χ3v) is 3.59. The monoisotopic (exact) mass is 358 g/mol. The zero-order valence-electron chi connectivity index (χ0n) is 15.1. The second-order valence-electron chi connectivity index (χ2n) is 5.45. The molecule has 0 bridgehead atoms. The summed E-state index contributed by atoms with van der Waals surface area (Å²) >= 11 is 0. The first-order valence-electron chi connectivity index (χ1n) is 8.25. The van der Waals surface area contributed by atoms with Crippen LogP contribution in [-0.2, 0) is 4.74 Å². The number of esters is 1. The molecule has 26 heavy (non-hydrogen) atoms. The van der Waals surface area contributed by atoms with Gasteiger partial charge in [0.2, 0.25) is 0 Å². The van der Waals surface area contributed by atoms with Crippen molar-refractivity contribution in [2.24, 2.45) is 0 Å². The molecular weight excluding hydrogens is 336 g/mol. The molecule has 2 aromatic rings. The molecule has 0 aliphatic carbocycles. The smallest absolute Gasteiger partial charge is 0.360 e. The molecule has 2 rings (SSSR count). The summed E-state index contributed by atoms with van der Waals surface area (Å²) in [5.74, 6) is -0.0780. The number of nitrogens with one attached hydrogen (secondary N) is 1. The molecule has 138 valence electrons. The topological polar surface area (TPSA) is 86.8 Å². The molecule has 0 fully saturated rings. The van der Waals surface area contributed by atoms with E-state index >= 15 is 0 Å². The van der Waals surface area contributed by atoms with Gasteiger partial charge in [-0.3, -0.25) is 4.79 Å². The molecule has 1 heterocycles. The van der Waals surface area contributed by atoms with E-state index in [4.69, 9.17) is 9.47 Å². The van der Waals surface area contributed by atoms with Gasteiger partial charge in [-0.15, -0.1) is 0 Å². The molecule has 0 radical (unpaired) electrons. The van der Waals surface area contributed by atoms with E-state index in [1.54, 1.807) is 24.3 Å². The quantitative estimate of drug-likeness (QED) is 0.575. The summed E-state index contributed by atoms with van der Waals surface area (Å²) in [6, 6.07) is 8.55. The van der Waals surface area contributed by atoms with Gasteiger partial charge in [0.05, 0.1) is 26.4 Å². The van der Waals surface area contributed by atoms with Gasteiger partial charge >= 0.3 is 5.97 Å². The molecule has 1 aromatic heterocycles. The van der Waals surface area contributed by atoms with Crippen LogP contribution in [-0.4, -0.2) is 37.7 Å². The van der Waals surface area contributed by atoms with Gasteiger partial charge in [0, 0.05) is 11.9 Å². The van der Waals surface area contributed by atoms with Crippen LogP contribution in [0.4, 0.5) is 5.69 Å².